The summed E-state index contributed by atoms with van der Waals surface area (Å²) in [5.74, 6) is 0.622. The number of nitrogens with one attached hydrogen (secondary N) is 2. The summed E-state index contributed by atoms with van der Waals surface area (Å²) in [6, 6.07) is 11.9. The van der Waals surface area contributed by atoms with Crippen LogP contribution in [0.3, 0.4) is 0 Å². The first-order valence-electron chi connectivity index (χ1n) is 9.13. The maximum absolute atomic E-state index is 12.2. The molecule has 0 unspecified atom stereocenters. The van der Waals surface area contributed by atoms with Crippen LogP contribution >= 0.6 is 0 Å². The molecule has 0 radical (unpaired) electrons. The Balaban J connectivity index is 1.53. The van der Waals surface area contributed by atoms with Crippen LogP contribution in [0.25, 0.3) is 0 Å². The number of ketones is 1. The molecule has 1 aliphatic rings. The van der Waals surface area contributed by atoms with Crippen molar-refractivity contribution in [3.63, 3.8) is 0 Å². The molecule has 0 bridgehead atoms. The van der Waals surface area contributed by atoms with E-state index in [9.17, 15) is 14.4 Å². The normalized spacial score (nSPS) is 15.1. The minimum Gasteiger partial charge on any atom is -0.494 e. The number of hydrogen-bond acceptors (Lipinski definition) is 5. The summed E-state index contributed by atoms with van der Waals surface area (Å²) in [6.07, 6.45) is -0.396. The van der Waals surface area contributed by atoms with Crippen LogP contribution in [0, 0.1) is 0 Å². The largest absolute Gasteiger partial charge is 0.494 e. The van der Waals surface area contributed by atoms with Gasteiger partial charge in [-0.3, -0.25) is 14.4 Å². The zero-order valence-electron chi connectivity index (χ0n) is 15.8. The molecule has 0 saturated heterocycles. The Morgan fingerprint density at radius 3 is 2.61 bits per heavy atom. The lowest BCUT2D eigenvalue weighted by molar-refractivity contribution is -0.122. The SMILES string of the molecule is CCOc1ccc(C(=O)CCC(=O)Nc2ccc3c(c2)NC(=O)[C@H](C)O3)cc1. The minimum atomic E-state index is -0.554. The van der Waals surface area contributed by atoms with E-state index < -0.39 is 6.10 Å². The van der Waals surface area contributed by atoms with Gasteiger partial charge in [0.1, 0.15) is 11.5 Å². The van der Waals surface area contributed by atoms with E-state index in [0.29, 0.717) is 35.0 Å². The van der Waals surface area contributed by atoms with Crippen molar-refractivity contribution in [2.75, 3.05) is 17.2 Å². The van der Waals surface area contributed by atoms with Crippen LogP contribution in [0.4, 0.5) is 11.4 Å². The molecule has 2 aromatic carbocycles. The number of rotatable bonds is 7. The first kappa shape index (κ1) is 19.4. The first-order valence-corrected chi connectivity index (χ1v) is 9.13. The van der Waals surface area contributed by atoms with Gasteiger partial charge in [-0.2, -0.15) is 0 Å². The van der Waals surface area contributed by atoms with E-state index in [2.05, 4.69) is 10.6 Å². The van der Waals surface area contributed by atoms with Gasteiger partial charge in [-0.1, -0.05) is 0 Å². The number of hydrogen-bond donors (Lipinski definition) is 2. The molecule has 0 aliphatic carbocycles. The zero-order valence-corrected chi connectivity index (χ0v) is 15.8. The Bertz CT molecular complexity index is 892. The summed E-state index contributed by atoms with van der Waals surface area (Å²) in [4.78, 5) is 36.1. The predicted molar refractivity (Wildman–Crippen MR) is 105 cm³/mol. The maximum Gasteiger partial charge on any atom is 0.265 e. The third-order valence-corrected chi connectivity index (χ3v) is 4.26. The van der Waals surface area contributed by atoms with Crippen molar-refractivity contribution in [1.82, 2.24) is 0 Å². The smallest absolute Gasteiger partial charge is 0.265 e. The molecule has 0 aromatic heterocycles. The van der Waals surface area contributed by atoms with E-state index in [-0.39, 0.29) is 30.4 Å². The summed E-state index contributed by atoms with van der Waals surface area (Å²) in [5, 5.41) is 5.46. The highest BCUT2D eigenvalue weighted by atomic mass is 16.5. The van der Waals surface area contributed by atoms with Crippen molar-refractivity contribution in [3.05, 3.63) is 48.0 Å². The van der Waals surface area contributed by atoms with Crippen molar-refractivity contribution < 1.29 is 23.9 Å². The zero-order chi connectivity index (χ0) is 20.1. The molecule has 7 heteroatoms. The molecule has 1 atom stereocenters. The molecule has 0 fully saturated rings. The van der Waals surface area contributed by atoms with Crippen LogP contribution in [0.15, 0.2) is 42.5 Å². The van der Waals surface area contributed by atoms with Gasteiger partial charge < -0.3 is 20.1 Å². The van der Waals surface area contributed by atoms with Crippen LogP contribution < -0.4 is 20.1 Å². The van der Waals surface area contributed by atoms with Gasteiger partial charge in [-0.05, 0) is 56.3 Å². The number of benzene rings is 2. The number of amides is 2. The van der Waals surface area contributed by atoms with Gasteiger partial charge >= 0.3 is 0 Å². The first-order chi connectivity index (χ1) is 13.5. The summed E-state index contributed by atoms with van der Waals surface area (Å²) in [5.41, 5.74) is 1.57. The van der Waals surface area contributed by atoms with Crippen molar-refractivity contribution >= 4 is 29.0 Å². The topological polar surface area (TPSA) is 93.7 Å². The van der Waals surface area contributed by atoms with Crippen molar-refractivity contribution in [2.45, 2.75) is 32.8 Å². The second kappa shape index (κ2) is 8.56. The Hall–Kier alpha value is -3.35. The highest BCUT2D eigenvalue weighted by molar-refractivity contribution is 6.01. The van der Waals surface area contributed by atoms with Crippen LogP contribution in [-0.2, 0) is 9.59 Å². The van der Waals surface area contributed by atoms with Crippen molar-refractivity contribution in [1.29, 1.82) is 0 Å². The molecule has 0 saturated carbocycles. The quantitative estimate of drug-likeness (QED) is 0.716. The number of Topliss-reactive ketones (excluding diaryl/α,β-unsaturated/α-hetero) is 1. The van der Waals surface area contributed by atoms with Gasteiger partial charge in [-0.25, -0.2) is 0 Å². The minimum absolute atomic E-state index is 0.0586. The van der Waals surface area contributed by atoms with Crippen molar-refractivity contribution in [3.8, 4) is 11.5 Å². The lowest BCUT2D eigenvalue weighted by Gasteiger charge is -2.23. The van der Waals surface area contributed by atoms with Gasteiger partial charge in [0.2, 0.25) is 5.91 Å². The van der Waals surface area contributed by atoms with Gasteiger partial charge in [0.15, 0.2) is 11.9 Å². The van der Waals surface area contributed by atoms with Crippen LogP contribution in [0.1, 0.15) is 37.0 Å². The molecule has 3 rings (SSSR count). The standard InChI is InChI=1S/C21H22N2O5/c1-3-27-16-7-4-14(5-8-16)18(24)9-11-20(25)22-15-6-10-19-17(12-15)23-21(26)13(2)28-19/h4-8,10,12-13H,3,9,11H2,1-2H3,(H,22,25)(H,23,26)/t13-/m0/s1. The Morgan fingerprint density at radius 1 is 1.14 bits per heavy atom. The molecule has 2 aromatic rings. The molecule has 28 heavy (non-hydrogen) atoms. The van der Waals surface area contributed by atoms with Crippen LogP contribution in [0.2, 0.25) is 0 Å². The van der Waals surface area contributed by atoms with Crippen LogP contribution in [0.5, 0.6) is 11.5 Å². The number of fused-ring (bicyclic) bond motifs is 1. The van der Waals surface area contributed by atoms with Crippen molar-refractivity contribution in [2.24, 2.45) is 0 Å². The molecule has 7 nitrogen and oxygen atoms in total. The molecule has 1 aliphatic heterocycles. The van der Waals surface area contributed by atoms with Crippen LogP contribution in [-0.4, -0.2) is 30.3 Å². The van der Waals surface area contributed by atoms with E-state index in [0.717, 1.165) is 0 Å². The third kappa shape index (κ3) is 4.68. The summed E-state index contributed by atoms with van der Waals surface area (Å²) < 4.78 is 10.8. The molecular weight excluding hydrogens is 360 g/mol. The van der Waals surface area contributed by atoms with E-state index in [4.69, 9.17) is 9.47 Å². The average Bonchev–Trinajstić information content (AvgIpc) is 2.68. The average molecular weight is 382 g/mol. The Labute approximate surface area is 163 Å². The molecular formula is C21H22N2O5. The van der Waals surface area contributed by atoms with Gasteiger partial charge in [0, 0.05) is 24.1 Å². The van der Waals surface area contributed by atoms with Gasteiger partial charge in [0.05, 0.1) is 12.3 Å². The molecule has 1 heterocycles. The van der Waals surface area contributed by atoms with E-state index in [1.54, 1.807) is 49.4 Å². The summed E-state index contributed by atoms with van der Waals surface area (Å²) >= 11 is 0. The molecule has 146 valence electrons. The number of anilines is 2. The third-order valence-electron chi connectivity index (χ3n) is 4.26. The second-order valence-corrected chi connectivity index (χ2v) is 6.39. The number of carbonyl (C=O) groups is 3. The second-order valence-electron chi connectivity index (χ2n) is 6.39. The van der Waals surface area contributed by atoms with Gasteiger partial charge in [-0.15, -0.1) is 0 Å². The number of carbonyl (C=O) groups excluding carboxylic acids is 3. The Morgan fingerprint density at radius 2 is 1.89 bits per heavy atom. The highest BCUT2D eigenvalue weighted by Crippen LogP contribution is 2.32. The molecule has 0 spiro atoms. The predicted octanol–water partition coefficient (Wildman–Crippen LogP) is 3.41. The molecule has 2 amide bonds. The monoisotopic (exact) mass is 382 g/mol. The summed E-state index contributed by atoms with van der Waals surface area (Å²) in [6.45, 7) is 4.11. The molecule has 2 N–H and O–H groups in total. The maximum atomic E-state index is 12.2. The van der Waals surface area contributed by atoms with E-state index >= 15 is 0 Å². The van der Waals surface area contributed by atoms with E-state index in [1.165, 1.54) is 0 Å². The van der Waals surface area contributed by atoms with E-state index in [1.807, 2.05) is 6.92 Å². The van der Waals surface area contributed by atoms with Gasteiger partial charge in [0.25, 0.3) is 5.91 Å². The highest BCUT2D eigenvalue weighted by Gasteiger charge is 2.23. The summed E-state index contributed by atoms with van der Waals surface area (Å²) in [7, 11) is 0. The number of ether oxygens (including phenoxy) is 2. The Kier molecular flexibility index (Phi) is 5.93. The fraction of sp³-hybridized carbons (Fsp3) is 0.286. The fourth-order valence-corrected chi connectivity index (χ4v) is 2.79. The fourth-order valence-electron chi connectivity index (χ4n) is 2.79. The lowest BCUT2D eigenvalue weighted by atomic mass is 10.1. The lowest BCUT2D eigenvalue weighted by Crippen LogP contribution is -2.34.